The first-order valence-electron chi connectivity index (χ1n) is 11.8. The van der Waals surface area contributed by atoms with E-state index >= 15 is 0 Å². The first-order chi connectivity index (χ1) is 18.5. The second-order valence-electron chi connectivity index (χ2n) is 8.50. The van der Waals surface area contributed by atoms with Crippen LogP contribution in [-0.4, -0.2) is 46.4 Å². The zero-order valence-electron chi connectivity index (χ0n) is 20.7. The number of benzene rings is 1. The van der Waals surface area contributed by atoms with E-state index in [1.807, 2.05) is 64.2 Å². The second kappa shape index (κ2) is 11.2. The number of anilines is 2. The number of carbonyl (C=O) groups excluding carboxylic acids is 1. The lowest BCUT2D eigenvalue weighted by Crippen LogP contribution is -2.30. The lowest BCUT2D eigenvalue weighted by atomic mass is 10.0. The Bertz CT molecular complexity index is 1450. The van der Waals surface area contributed by atoms with Crippen LogP contribution in [0, 0.1) is 0 Å². The number of pyridine rings is 2. The van der Waals surface area contributed by atoms with Gasteiger partial charge < -0.3 is 29.6 Å². The lowest BCUT2D eigenvalue weighted by molar-refractivity contribution is -0.119. The maximum absolute atomic E-state index is 12.3. The molecule has 1 aromatic carbocycles. The number of rotatable bonds is 8. The van der Waals surface area contributed by atoms with E-state index < -0.39 is 0 Å². The van der Waals surface area contributed by atoms with Gasteiger partial charge in [-0.15, -0.1) is 0 Å². The molecule has 1 saturated heterocycles. The van der Waals surface area contributed by atoms with Crippen LogP contribution in [0.3, 0.4) is 0 Å². The molecule has 9 nitrogen and oxygen atoms in total. The molecule has 11 heteroatoms. The predicted octanol–water partition coefficient (Wildman–Crippen LogP) is 4.69. The number of thiocarbonyl (C=S) groups is 1. The summed E-state index contributed by atoms with van der Waals surface area (Å²) < 4.78 is 12.5. The normalized spacial score (nSPS) is 16.8. The summed E-state index contributed by atoms with van der Waals surface area (Å²) in [5.41, 5.74) is 3.03. The van der Waals surface area contributed by atoms with E-state index in [0.29, 0.717) is 27.4 Å². The summed E-state index contributed by atoms with van der Waals surface area (Å²) in [7, 11) is 3.02. The predicted molar refractivity (Wildman–Crippen MR) is 150 cm³/mol. The molecule has 1 fully saturated rings. The fourth-order valence-electron chi connectivity index (χ4n) is 4.55. The van der Waals surface area contributed by atoms with Gasteiger partial charge in [0.1, 0.15) is 24.2 Å². The number of aromatic nitrogens is 3. The van der Waals surface area contributed by atoms with E-state index in [1.54, 1.807) is 31.6 Å². The number of nitrogens with one attached hydrogen (secondary N) is 2. The van der Waals surface area contributed by atoms with Crippen molar-refractivity contribution in [3.8, 4) is 11.6 Å². The number of hydrogen-bond acceptors (Lipinski definition) is 6. The van der Waals surface area contributed by atoms with Gasteiger partial charge in [-0.3, -0.25) is 9.78 Å². The van der Waals surface area contributed by atoms with E-state index in [0.717, 1.165) is 17.1 Å². The zero-order valence-corrected chi connectivity index (χ0v) is 22.2. The Balaban J connectivity index is 1.62. The van der Waals surface area contributed by atoms with Crippen LogP contribution in [0.1, 0.15) is 23.5 Å². The molecule has 4 aromatic rings. The monoisotopic (exact) mass is 548 g/mol. The third-order valence-corrected chi connectivity index (χ3v) is 6.69. The van der Waals surface area contributed by atoms with Crippen LogP contribution in [-0.2, 0) is 9.53 Å². The maximum atomic E-state index is 12.3. The summed E-state index contributed by atoms with van der Waals surface area (Å²) in [6.07, 6.45) is 5.33. The molecule has 1 aliphatic rings. The van der Waals surface area contributed by atoms with Crippen LogP contribution in [0.15, 0.2) is 79.3 Å². The minimum atomic E-state index is -0.305. The quantitative estimate of drug-likeness (QED) is 0.306. The molecule has 0 aliphatic carbocycles. The van der Waals surface area contributed by atoms with Crippen molar-refractivity contribution < 1.29 is 14.3 Å². The molecule has 0 bridgehead atoms. The van der Waals surface area contributed by atoms with Crippen LogP contribution < -0.4 is 20.3 Å². The van der Waals surface area contributed by atoms with Crippen LogP contribution in [0.4, 0.5) is 11.4 Å². The first kappa shape index (κ1) is 25.7. The van der Waals surface area contributed by atoms with E-state index in [-0.39, 0.29) is 24.6 Å². The van der Waals surface area contributed by atoms with Crippen molar-refractivity contribution in [2.75, 3.05) is 31.0 Å². The molecule has 1 aliphatic heterocycles. The molecule has 2 atom stereocenters. The van der Waals surface area contributed by atoms with E-state index in [9.17, 15) is 4.79 Å². The molecule has 0 saturated carbocycles. The number of nitrogens with zero attached hydrogens (tertiary/aromatic N) is 4. The molecule has 0 unspecified atom stereocenters. The van der Waals surface area contributed by atoms with Gasteiger partial charge in [0.25, 0.3) is 0 Å². The van der Waals surface area contributed by atoms with Crippen LogP contribution in [0.2, 0.25) is 5.02 Å². The standard InChI is InChI=1S/C27H25ClN6O3S/c1-36-16-24(35)31-20-14-18(9-10-22(20)37-2)34-26(25(32-27(34)38)19-6-3-4-12-29-19)21-7-5-13-33(21)23-11-8-17(28)15-30-23/h3-15,25-26H,16H2,1-2H3,(H,31,35)(H,32,38)/t25-,26-/m0/s1. The largest absolute Gasteiger partial charge is 0.495 e. The topological polar surface area (TPSA) is 93.5 Å². The van der Waals surface area contributed by atoms with Crippen LogP contribution in [0.25, 0.3) is 5.82 Å². The minimum absolute atomic E-state index is 0.0803. The summed E-state index contributed by atoms with van der Waals surface area (Å²) in [6, 6.07) is 18.4. The Labute approximate surface area is 230 Å². The SMILES string of the molecule is COCC(=O)Nc1cc(N2C(=S)N[C@@H](c3ccccn3)[C@@H]2c2cccn2-c2ccc(Cl)cn2)ccc1OC. The van der Waals surface area contributed by atoms with Crippen LogP contribution in [0.5, 0.6) is 5.75 Å². The highest BCUT2D eigenvalue weighted by Crippen LogP contribution is 2.43. The van der Waals surface area contributed by atoms with Gasteiger partial charge >= 0.3 is 0 Å². The average Bonchev–Trinajstić information content (AvgIpc) is 3.54. The molecular formula is C27H25ClN6O3S. The first-order valence-corrected chi connectivity index (χ1v) is 12.6. The zero-order chi connectivity index (χ0) is 26.6. The number of halogens is 1. The van der Waals surface area contributed by atoms with Crippen molar-refractivity contribution in [2.45, 2.75) is 12.1 Å². The number of amides is 1. The molecule has 194 valence electrons. The molecule has 1 amide bonds. The van der Waals surface area contributed by atoms with Gasteiger partial charge in [0.2, 0.25) is 5.91 Å². The van der Waals surface area contributed by atoms with E-state index in [2.05, 4.69) is 20.6 Å². The van der Waals surface area contributed by atoms with Crippen molar-refractivity contribution in [1.82, 2.24) is 19.9 Å². The molecule has 0 spiro atoms. The van der Waals surface area contributed by atoms with E-state index in [4.69, 9.17) is 33.3 Å². The van der Waals surface area contributed by atoms with Crippen molar-refractivity contribution in [3.63, 3.8) is 0 Å². The number of methoxy groups -OCH3 is 2. The van der Waals surface area contributed by atoms with Gasteiger partial charge in [0.05, 0.1) is 29.6 Å². The summed E-state index contributed by atoms with van der Waals surface area (Å²) in [6.45, 7) is -0.0803. The Hall–Kier alpha value is -3.99. The minimum Gasteiger partial charge on any atom is -0.495 e. The van der Waals surface area contributed by atoms with E-state index in [1.165, 1.54) is 7.11 Å². The fraction of sp³-hybridized carbons (Fsp3) is 0.185. The highest BCUT2D eigenvalue weighted by atomic mass is 35.5. The number of hydrogen-bond donors (Lipinski definition) is 2. The highest BCUT2D eigenvalue weighted by molar-refractivity contribution is 7.80. The van der Waals surface area contributed by atoms with Gasteiger partial charge in [-0.05, 0) is 66.8 Å². The average molecular weight is 549 g/mol. The van der Waals surface area contributed by atoms with Gasteiger partial charge in [0, 0.05) is 37.1 Å². The summed E-state index contributed by atoms with van der Waals surface area (Å²) in [4.78, 5) is 23.5. The summed E-state index contributed by atoms with van der Waals surface area (Å²) >= 11 is 12.0. The van der Waals surface area contributed by atoms with Gasteiger partial charge in [0.15, 0.2) is 5.11 Å². The van der Waals surface area contributed by atoms with Gasteiger partial charge in [-0.1, -0.05) is 17.7 Å². The molecule has 3 aromatic heterocycles. The molecule has 5 rings (SSSR count). The number of ether oxygens (including phenoxy) is 2. The summed E-state index contributed by atoms with van der Waals surface area (Å²) in [5.74, 6) is 0.938. The van der Waals surface area contributed by atoms with Crippen molar-refractivity contribution in [3.05, 3.63) is 95.7 Å². The third-order valence-electron chi connectivity index (χ3n) is 6.15. The maximum Gasteiger partial charge on any atom is 0.250 e. The number of carbonyl (C=O) groups is 1. The van der Waals surface area contributed by atoms with Gasteiger partial charge in [-0.2, -0.15) is 0 Å². The van der Waals surface area contributed by atoms with Gasteiger partial charge in [-0.25, -0.2) is 4.98 Å². The Morgan fingerprint density at radius 1 is 1.13 bits per heavy atom. The highest BCUT2D eigenvalue weighted by Gasteiger charge is 2.42. The molecule has 2 N–H and O–H groups in total. The van der Waals surface area contributed by atoms with Crippen molar-refractivity contribution in [2.24, 2.45) is 0 Å². The molecule has 0 radical (unpaired) electrons. The van der Waals surface area contributed by atoms with Crippen LogP contribution >= 0.6 is 23.8 Å². The Morgan fingerprint density at radius 2 is 2.00 bits per heavy atom. The summed E-state index contributed by atoms with van der Waals surface area (Å²) in [5, 5.41) is 7.38. The third kappa shape index (κ3) is 5.06. The van der Waals surface area contributed by atoms with Crippen molar-refractivity contribution in [1.29, 1.82) is 0 Å². The molecule has 4 heterocycles. The molecular weight excluding hydrogens is 524 g/mol. The lowest BCUT2D eigenvalue weighted by Gasteiger charge is -2.29. The smallest absolute Gasteiger partial charge is 0.250 e. The fourth-order valence-corrected chi connectivity index (χ4v) is 5.01. The Kier molecular flexibility index (Phi) is 7.54. The molecule has 38 heavy (non-hydrogen) atoms. The van der Waals surface area contributed by atoms with Crippen molar-refractivity contribution >= 4 is 46.2 Å². The Morgan fingerprint density at radius 3 is 2.71 bits per heavy atom. The second-order valence-corrected chi connectivity index (χ2v) is 9.32.